The summed E-state index contributed by atoms with van der Waals surface area (Å²) in [5, 5.41) is 13.2. The molecule has 1 saturated heterocycles. The SMILES string of the molecule is Cc1ccoc1C(=O)NC1CCN(C2CCCCC2O)CC1. The molecule has 3 rings (SSSR count). The first kappa shape index (κ1) is 15.6. The molecule has 22 heavy (non-hydrogen) atoms. The van der Waals surface area contributed by atoms with Crippen LogP contribution in [0.2, 0.25) is 0 Å². The molecule has 122 valence electrons. The molecular weight excluding hydrogens is 280 g/mol. The second kappa shape index (κ2) is 6.84. The van der Waals surface area contributed by atoms with Gasteiger partial charge in [-0.05, 0) is 38.7 Å². The molecule has 1 saturated carbocycles. The van der Waals surface area contributed by atoms with Crippen LogP contribution in [0.5, 0.6) is 0 Å². The van der Waals surface area contributed by atoms with E-state index < -0.39 is 0 Å². The Morgan fingerprint density at radius 3 is 2.64 bits per heavy atom. The summed E-state index contributed by atoms with van der Waals surface area (Å²) in [5.41, 5.74) is 0.875. The van der Waals surface area contributed by atoms with E-state index in [0.717, 1.165) is 50.8 Å². The van der Waals surface area contributed by atoms with Gasteiger partial charge in [-0.1, -0.05) is 12.8 Å². The number of amides is 1. The molecule has 2 atom stereocenters. The molecule has 2 N–H and O–H groups in total. The summed E-state index contributed by atoms with van der Waals surface area (Å²) < 4.78 is 5.24. The van der Waals surface area contributed by atoms with E-state index in [9.17, 15) is 9.90 Å². The van der Waals surface area contributed by atoms with Gasteiger partial charge in [0.2, 0.25) is 0 Å². The zero-order chi connectivity index (χ0) is 15.5. The highest BCUT2D eigenvalue weighted by Crippen LogP contribution is 2.26. The molecule has 0 spiro atoms. The lowest BCUT2D eigenvalue weighted by Gasteiger charge is -2.41. The largest absolute Gasteiger partial charge is 0.459 e. The smallest absolute Gasteiger partial charge is 0.287 e. The highest BCUT2D eigenvalue weighted by Gasteiger charge is 2.32. The maximum atomic E-state index is 12.2. The monoisotopic (exact) mass is 306 g/mol. The number of hydrogen-bond donors (Lipinski definition) is 2. The van der Waals surface area contributed by atoms with Crippen molar-refractivity contribution in [2.45, 2.75) is 63.6 Å². The van der Waals surface area contributed by atoms with Crippen LogP contribution in [-0.2, 0) is 0 Å². The van der Waals surface area contributed by atoms with Crippen LogP contribution in [0.25, 0.3) is 0 Å². The van der Waals surface area contributed by atoms with Gasteiger partial charge in [0.25, 0.3) is 5.91 Å². The number of aryl methyl sites for hydroxylation is 1. The zero-order valence-electron chi connectivity index (χ0n) is 13.3. The highest BCUT2D eigenvalue weighted by atomic mass is 16.3. The van der Waals surface area contributed by atoms with Crippen molar-refractivity contribution in [1.82, 2.24) is 10.2 Å². The molecule has 2 heterocycles. The minimum Gasteiger partial charge on any atom is -0.459 e. The topological polar surface area (TPSA) is 65.7 Å². The Bertz CT molecular complexity index is 506. The van der Waals surface area contributed by atoms with Gasteiger partial charge in [-0.25, -0.2) is 0 Å². The van der Waals surface area contributed by atoms with Crippen LogP contribution in [0.1, 0.15) is 54.6 Å². The number of likely N-dealkylation sites (tertiary alicyclic amines) is 1. The normalized spacial score (nSPS) is 27.7. The number of nitrogens with zero attached hydrogens (tertiary/aromatic N) is 1. The predicted molar refractivity (Wildman–Crippen MR) is 83.8 cm³/mol. The van der Waals surface area contributed by atoms with Gasteiger partial charge in [0.1, 0.15) is 0 Å². The van der Waals surface area contributed by atoms with Gasteiger partial charge in [-0.3, -0.25) is 9.69 Å². The third-order valence-electron chi connectivity index (χ3n) is 5.10. The Kier molecular flexibility index (Phi) is 4.84. The van der Waals surface area contributed by atoms with E-state index >= 15 is 0 Å². The molecule has 1 aliphatic carbocycles. The second-order valence-corrected chi connectivity index (χ2v) is 6.64. The Balaban J connectivity index is 1.49. The summed E-state index contributed by atoms with van der Waals surface area (Å²) in [4.78, 5) is 14.6. The van der Waals surface area contributed by atoms with Gasteiger partial charge in [0.05, 0.1) is 12.4 Å². The van der Waals surface area contributed by atoms with Crippen LogP contribution in [0.3, 0.4) is 0 Å². The fourth-order valence-electron chi connectivity index (χ4n) is 3.75. The van der Waals surface area contributed by atoms with E-state index in [-0.39, 0.29) is 18.1 Å². The minimum absolute atomic E-state index is 0.112. The van der Waals surface area contributed by atoms with Gasteiger partial charge >= 0.3 is 0 Å². The number of aliphatic hydroxyl groups excluding tert-OH is 1. The van der Waals surface area contributed by atoms with Gasteiger partial charge in [0, 0.05) is 30.7 Å². The molecular formula is C17H26N2O3. The molecule has 2 fully saturated rings. The number of hydrogen-bond acceptors (Lipinski definition) is 4. The summed E-state index contributed by atoms with van der Waals surface area (Å²) in [6.45, 7) is 3.78. The number of furan rings is 1. The van der Waals surface area contributed by atoms with E-state index in [2.05, 4.69) is 10.2 Å². The number of carbonyl (C=O) groups is 1. The van der Waals surface area contributed by atoms with E-state index in [4.69, 9.17) is 4.42 Å². The molecule has 1 amide bonds. The third kappa shape index (κ3) is 3.36. The number of carbonyl (C=O) groups excluding carboxylic acids is 1. The summed E-state index contributed by atoms with van der Waals surface area (Å²) in [7, 11) is 0. The predicted octanol–water partition coefficient (Wildman–Crippen LogP) is 2.09. The average Bonchev–Trinajstić information content (AvgIpc) is 2.95. The Morgan fingerprint density at radius 2 is 2.00 bits per heavy atom. The van der Waals surface area contributed by atoms with E-state index in [1.807, 2.05) is 13.0 Å². The van der Waals surface area contributed by atoms with Crippen LogP contribution in [0.15, 0.2) is 16.7 Å². The number of nitrogens with one attached hydrogen (secondary N) is 1. The first-order valence-electron chi connectivity index (χ1n) is 8.42. The lowest BCUT2D eigenvalue weighted by Crippen LogP contribution is -2.52. The minimum atomic E-state index is -0.175. The standard InChI is InChI=1S/C17H26N2O3/c1-12-8-11-22-16(12)17(21)18-13-6-9-19(10-7-13)14-4-2-3-5-15(14)20/h8,11,13-15,20H,2-7,9-10H2,1H3,(H,18,21). The Morgan fingerprint density at radius 1 is 1.27 bits per heavy atom. The Labute approximate surface area is 131 Å². The van der Waals surface area contributed by atoms with Crippen LogP contribution in [-0.4, -0.2) is 47.2 Å². The summed E-state index contributed by atoms with van der Waals surface area (Å²) in [5.74, 6) is 0.309. The van der Waals surface area contributed by atoms with Crippen LogP contribution in [0.4, 0.5) is 0 Å². The second-order valence-electron chi connectivity index (χ2n) is 6.64. The van der Waals surface area contributed by atoms with E-state index in [1.165, 1.54) is 6.42 Å². The quantitative estimate of drug-likeness (QED) is 0.897. The van der Waals surface area contributed by atoms with Crippen molar-refractivity contribution in [3.05, 3.63) is 23.7 Å². The van der Waals surface area contributed by atoms with Gasteiger partial charge in [-0.2, -0.15) is 0 Å². The van der Waals surface area contributed by atoms with Crippen molar-refractivity contribution in [3.63, 3.8) is 0 Å². The molecule has 1 aromatic rings. The maximum absolute atomic E-state index is 12.2. The molecule has 1 aromatic heterocycles. The molecule has 0 radical (unpaired) electrons. The van der Waals surface area contributed by atoms with Gasteiger partial charge < -0.3 is 14.8 Å². The van der Waals surface area contributed by atoms with Crippen LogP contribution >= 0.6 is 0 Å². The van der Waals surface area contributed by atoms with Crippen LogP contribution in [0, 0.1) is 6.92 Å². The first-order valence-corrected chi connectivity index (χ1v) is 8.42. The lowest BCUT2D eigenvalue weighted by molar-refractivity contribution is 0.00721. The first-order chi connectivity index (χ1) is 10.6. The van der Waals surface area contributed by atoms with E-state index in [0.29, 0.717) is 11.8 Å². The zero-order valence-corrected chi connectivity index (χ0v) is 13.3. The highest BCUT2D eigenvalue weighted by molar-refractivity contribution is 5.92. The number of rotatable bonds is 3. The fraction of sp³-hybridized carbons (Fsp3) is 0.706. The van der Waals surface area contributed by atoms with Gasteiger partial charge in [-0.15, -0.1) is 0 Å². The van der Waals surface area contributed by atoms with E-state index in [1.54, 1.807) is 6.26 Å². The van der Waals surface area contributed by atoms with Crippen molar-refractivity contribution < 1.29 is 14.3 Å². The Hall–Kier alpha value is -1.33. The lowest BCUT2D eigenvalue weighted by atomic mass is 9.89. The number of piperidine rings is 1. The van der Waals surface area contributed by atoms with Crippen LogP contribution < -0.4 is 5.32 Å². The van der Waals surface area contributed by atoms with Crippen molar-refractivity contribution in [3.8, 4) is 0 Å². The summed E-state index contributed by atoms with van der Waals surface area (Å²) in [6, 6.07) is 2.33. The molecule has 0 bridgehead atoms. The van der Waals surface area contributed by atoms with Crippen molar-refractivity contribution in [1.29, 1.82) is 0 Å². The van der Waals surface area contributed by atoms with Gasteiger partial charge in [0.15, 0.2) is 5.76 Å². The van der Waals surface area contributed by atoms with Crippen molar-refractivity contribution >= 4 is 5.91 Å². The molecule has 5 heteroatoms. The van der Waals surface area contributed by atoms with Crippen molar-refractivity contribution in [2.24, 2.45) is 0 Å². The molecule has 1 aliphatic heterocycles. The van der Waals surface area contributed by atoms with Crippen molar-refractivity contribution in [2.75, 3.05) is 13.1 Å². The molecule has 0 aromatic carbocycles. The third-order valence-corrected chi connectivity index (χ3v) is 5.10. The number of aliphatic hydroxyl groups is 1. The summed E-state index contributed by atoms with van der Waals surface area (Å²) >= 11 is 0. The summed E-state index contributed by atoms with van der Waals surface area (Å²) in [6.07, 6.45) is 7.65. The molecule has 2 aliphatic rings. The fourth-order valence-corrected chi connectivity index (χ4v) is 3.75. The average molecular weight is 306 g/mol. The molecule has 2 unspecified atom stereocenters. The maximum Gasteiger partial charge on any atom is 0.287 e. The molecule has 5 nitrogen and oxygen atoms in total.